The van der Waals surface area contributed by atoms with E-state index >= 15 is 0 Å². The third kappa shape index (κ3) is 2.93. The van der Waals surface area contributed by atoms with Crippen LogP contribution in [0.5, 0.6) is 0 Å². The molecule has 2 rings (SSSR count). The molecule has 1 aromatic heterocycles. The van der Waals surface area contributed by atoms with Crippen molar-refractivity contribution >= 4 is 16.7 Å². The summed E-state index contributed by atoms with van der Waals surface area (Å²) in [6.07, 6.45) is 1.15. The predicted molar refractivity (Wildman–Crippen MR) is 72.2 cm³/mol. The Kier molecular flexibility index (Phi) is 3.57. The highest BCUT2D eigenvalue weighted by Gasteiger charge is 2.04. The van der Waals surface area contributed by atoms with E-state index in [4.69, 9.17) is 0 Å². The van der Waals surface area contributed by atoms with Crippen molar-refractivity contribution in [2.45, 2.75) is 27.2 Å². The summed E-state index contributed by atoms with van der Waals surface area (Å²) in [5.41, 5.74) is 1.01. The number of nitrogens with one attached hydrogen (secondary N) is 1. The normalized spacial score (nSPS) is 11.1. The number of fused-ring (bicyclic) bond motifs is 1. The number of benzene rings is 1. The van der Waals surface area contributed by atoms with Gasteiger partial charge in [0.1, 0.15) is 11.6 Å². The van der Waals surface area contributed by atoms with E-state index in [-0.39, 0.29) is 0 Å². The van der Waals surface area contributed by atoms with E-state index in [2.05, 4.69) is 35.2 Å². The van der Waals surface area contributed by atoms with Gasteiger partial charge in [-0.25, -0.2) is 9.97 Å². The monoisotopic (exact) mass is 229 g/mol. The Bertz CT molecular complexity index is 506. The van der Waals surface area contributed by atoms with E-state index in [1.54, 1.807) is 0 Å². The van der Waals surface area contributed by atoms with Gasteiger partial charge in [-0.15, -0.1) is 0 Å². The van der Waals surface area contributed by atoms with E-state index in [0.717, 1.165) is 35.5 Å². The minimum Gasteiger partial charge on any atom is -0.369 e. The van der Waals surface area contributed by atoms with E-state index in [9.17, 15) is 0 Å². The zero-order chi connectivity index (χ0) is 12.3. The Morgan fingerprint density at radius 3 is 2.71 bits per heavy atom. The largest absolute Gasteiger partial charge is 0.369 e. The second-order valence-electron chi connectivity index (χ2n) is 4.75. The van der Waals surface area contributed by atoms with Crippen LogP contribution in [0.3, 0.4) is 0 Å². The van der Waals surface area contributed by atoms with Gasteiger partial charge in [0.25, 0.3) is 0 Å². The maximum absolute atomic E-state index is 4.48. The smallest absolute Gasteiger partial charge is 0.137 e. The van der Waals surface area contributed by atoms with Gasteiger partial charge >= 0.3 is 0 Å². The van der Waals surface area contributed by atoms with Crippen LogP contribution in [0.2, 0.25) is 0 Å². The highest BCUT2D eigenvalue weighted by Crippen LogP contribution is 2.19. The molecule has 17 heavy (non-hydrogen) atoms. The van der Waals surface area contributed by atoms with Crippen molar-refractivity contribution in [3.63, 3.8) is 0 Å². The molecule has 1 aromatic carbocycles. The number of nitrogens with zero attached hydrogens (tertiary/aromatic N) is 2. The molecule has 3 nitrogen and oxygen atoms in total. The molecule has 0 bridgehead atoms. The Morgan fingerprint density at radius 2 is 1.94 bits per heavy atom. The van der Waals surface area contributed by atoms with E-state index in [1.807, 2.05) is 25.1 Å². The first kappa shape index (κ1) is 11.8. The number of aromatic nitrogens is 2. The number of anilines is 1. The lowest BCUT2D eigenvalue weighted by molar-refractivity contribution is 0.607. The maximum Gasteiger partial charge on any atom is 0.137 e. The summed E-state index contributed by atoms with van der Waals surface area (Å²) in [7, 11) is 0. The molecule has 0 atom stereocenters. The molecule has 0 saturated carbocycles. The average Bonchev–Trinajstić information content (AvgIpc) is 2.28. The molecule has 0 aliphatic heterocycles. The van der Waals surface area contributed by atoms with Gasteiger partial charge < -0.3 is 5.32 Å². The van der Waals surface area contributed by atoms with Crippen LogP contribution in [0.25, 0.3) is 10.9 Å². The third-order valence-corrected chi connectivity index (χ3v) is 2.73. The van der Waals surface area contributed by atoms with Crippen molar-refractivity contribution in [1.82, 2.24) is 9.97 Å². The van der Waals surface area contributed by atoms with Crippen molar-refractivity contribution in [3.05, 3.63) is 30.1 Å². The van der Waals surface area contributed by atoms with E-state index in [0.29, 0.717) is 5.92 Å². The van der Waals surface area contributed by atoms with Gasteiger partial charge in [0.05, 0.1) is 5.52 Å². The van der Waals surface area contributed by atoms with Crippen LogP contribution in [0, 0.1) is 12.8 Å². The molecule has 0 aliphatic carbocycles. The number of para-hydroxylation sites is 1. The molecule has 1 heterocycles. The van der Waals surface area contributed by atoms with Crippen molar-refractivity contribution in [1.29, 1.82) is 0 Å². The fourth-order valence-electron chi connectivity index (χ4n) is 1.81. The Hall–Kier alpha value is -1.64. The Morgan fingerprint density at radius 1 is 1.18 bits per heavy atom. The Labute approximate surface area is 102 Å². The number of hydrogen-bond donors (Lipinski definition) is 1. The van der Waals surface area contributed by atoms with Crippen molar-refractivity contribution in [2.24, 2.45) is 5.92 Å². The van der Waals surface area contributed by atoms with Gasteiger partial charge in [-0.1, -0.05) is 26.0 Å². The SMILES string of the molecule is Cc1nc(NCCC(C)C)c2ccccc2n1. The standard InChI is InChI=1S/C14H19N3/c1-10(2)8-9-15-14-12-6-4-5-7-13(12)16-11(3)17-14/h4-7,10H,8-9H2,1-3H3,(H,15,16,17). The van der Waals surface area contributed by atoms with Crippen LogP contribution in [0.4, 0.5) is 5.82 Å². The van der Waals surface area contributed by atoms with Gasteiger partial charge in [0.2, 0.25) is 0 Å². The van der Waals surface area contributed by atoms with Crippen LogP contribution in [0.15, 0.2) is 24.3 Å². The first-order valence-electron chi connectivity index (χ1n) is 6.14. The molecular weight excluding hydrogens is 210 g/mol. The van der Waals surface area contributed by atoms with Gasteiger partial charge in [-0.3, -0.25) is 0 Å². The summed E-state index contributed by atoms with van der Waals surface area (Å²) in [4.78, 5) is 8.90. The molecule has 2 aromatic rings. The predicted octanol–water partition coefficient (Wildman–Crippen LogP) is 3.40. The second-order valence-corrected chi connectivity index (χ2v) is 4.75. The summed E-state index contributed by atoms with van der Waals surface area (Å²) in [5, 5.41) is 4.51. The molecule has 0 amide bonds. The van der Waals surface area contributed by atoms with E-state index in [1.165, 1.54) is 0 Å². The molecule has 3 heteroatoms. The zero-order valence-electron chi connectivity index (χ0n) is 10.7. The van der Waals surface area contributed by atoms with Crippen molar-refractivity contribution < 1.29 is 0 Å². The Balaban J connectivity index is 2.26. The molecule has 0 fully saturated rings. The van der Waals surface area contributed by atoms with Crippen LogP contribution in [-0.4, -0.2) is 16.5 Å². The molecule has 90 valence electrons. The van der Waals surface area contributed by atoms with Crippen molar-refractivity contribution in [3.8, 4) is 0 Å². The molecule has 0 unspecified atom stereocenters. The first-order valence-corrected chi connectivity index (χ1v) is 6.14. The minimum atomic E-state index is 0.705. The van der Waals surface area contributed by atoms with Gasteiger partial charge in [-0.2, -0.15) is 0 Å². The lowest BCUT2D eigenvalue weighted by Gasteiger charge is -2.10. The number of hydrogen-bond acceptors (Lipinski definition) is 3. The topological polar surface area (TPSA) is 37.8 Å². The summed E-state index contributed by atoms with van der Waals surface area (Å²) in [6.45, 7) is 7.34. The first-order chi connectivity index (χ1) is 8.16. The molecule has 0 spiro atoms. The third-order valence-electron chi connectivity index (χ3n) is 2.73. The zero-order valence-corrected chi connectivity index (χ0v) is 10.7. The number of rotatable bonds is 4. The maximum atomic E-state index is 4.48. The van der Waals surface area contributed by atoms with Crippen LogP contribution >= 0.6 is 0 Å². The van der Waals surface area contributed by atoms with Crippen molar-refractivity contribution in [2.75, 3.05) is 11.9 Å². The fourth-order valence-corrected chi connectivity index (χ4v) is 1.81. The number of aryl methyl sites for hydroxylation is 1. The summed E-state index contributed by atoms with van der Waals surface area (Å²) in [6, 6.07) is 8.12. The highest BCUT2D eigenvalue weighted by atomic mass is 15.0. The quantitative estimate of drug-likeness (QED) is 0.873. The van der Waals surface area contributed by atoms with Crippen LogP contribution in [-0.2, 0) is 0 Å². The lowest BCUT2D eigenvalue weighted by Crippen LogP contribution is -2.07. The minimum absolute atomic E-state index is 0.705. The van der Waals surface area contributed by atoms with Crippen LogP contribution in [0.1, 0.15) is 26.1 Å². The molecule has 0 radical (unpaired) electrons. The van der Waals surface area contributed by atoms with Gasteiger partial charge in [-0.05, 0) is 31.4 Å². The van der Waals surface area contributed by atoms with Crippen LogP contribution < -0.4 is 5.32 Å². The fraction of sp³-hybridized carbons (Fsp3) is 0.429. The lowest BCUT2D eigenvalue weighted by atomic mass is 10.1. The van der Waals surface area contributed by atoms with Gasteiger partial charge in [0, 0.05) is 11.9 Å². The highest BCUT2D eigenvalue weighted by molar-refractivity contribution is 5.88. The second kappa shape index (κ2) is 5.13. The summed E-state index contributed by atoms with van der Waals surface area (Å²) >= 11 is 0. The molecule has 0 aliphatic rings. The summed E-state index contributed by atoms with van der Waals surface area (Å²) < 4.78 is 0. The summed E-state index contributed by atoms with van der Waals surface area (Å²) in [5.74, 6) is 2.47. The molecular formula is C14H19N3. The molecule has 0 saturated heterocycles. The van der Waals surface area contributed by atoms with Gasteiger partial charge in [0.15, 0.2) is 0 Å². The van der Waals surface area contributed by atoms with E-state index < -0.39 is 0 Å². The molecule has 1 N–H and O–H groups in total. The average molecular weight is 229 g/mol.